The molecule has 4 nitrogen and oxygen atoms in total. The first-order valence-corrected chi connectivity index (χ1v) is 10.1. The van der Waals surface area contributed by atoms with Gasteiger partial charge in [0, 0.05) is 10.0 Å². The minimum atomic E-state index is -0.263. The van der Waals surface area contributed by atoms with Crippen LogP contribution in [0.25, 0.3) is 10.2 Å². The minimum Gasteiger partial charge on any atom is -0.488 e. The summed E-state index contributed by atoms with van der Waals surface area (Å²) in [6.45, 7) is 0.341. The number of hydrazone groups is 1. The van der Waals surface area contributed by atoms with Crippen molar-refractivity contribution in [2.45, 2.75) is 6.61 Å². The number of nitrogens with one attached hydrogen (secondary N) is 1. The number of para-hydroxylation sites is 1. The molecule has 1 aromatic heterocycles. The number of hydrogen-bond acceptors (Lipinski definition) is 5. The van der Waals surface area contributed by atoms with Crippen LogP contribution in [0.3, 0.4) is 0 Å². The number of nitrogens with zero attached hydrogens (tertiary/aromatic N) is 2. The van der Waals surface area contributed by atoms with Crippen LogP contribution in [0.1, 0.15) is 11.1 Å². The average Bonchev–Trinajstić information content (AvgIpc) is 3.11. The highest BCUT2D eigenvalue weighted by Crippen LogP contribution is 2.26. The van der Waals surface area contributed by atoms with Gasteiger partial charge in [0.05, 0.1) is 16.4 Å². The van der Waals surface area contributed by atoms with Gasteiger partial charge >= 0.3 is 0 Å². The second-order valence-corrected chi connectivity index (χ2v) is 7.90. The molecule has 0 amide bonds. The number of hydrogen-bond donors (Lipinski definition) is 1. The molecule has 0 atom stereocenters. The summed E-state index contributed by atoms with van der Waals surface area (Å²) in [5.41, 5.74) is 5.61. The van der Waals surface area contributed by atoms with Gasteiger partial charge in [0.25, 0.3) is 0 Å². The van der Waals surface area contributed by atoms with E-state index in [2.05, 4.69) is 31.4 Å². The fourth-order valence-corrected chi connectivity index (χ4v) is 3.76. The standard InChI is InChI=1S/C21H15BrFN3OS/c22-16-7-10-19(27-13-14-5-8-17(23)9-6-14)15(11-16)12-24-26-21-25-18-3-1-2-4-20(18)28-21/h1-12H,13H2,(H,25,26)/b24-12+. The van der Waals surface area contributed by atoms with Gasteiger partial charge in [0.1, 0.15) is 18.2 Å². The van der Waals surface area contributed by atoms with Crippen LogP contribution in [0.5, 0.6) is 5.75 Å². The second kappa shape index (κ2) is 8.50. The smallest absolute Gasteiger partial charge is 0.204 e. The molecule has 0 aliphatic heterocycles. The fraction of sp³-hybridized carbons (Fsp3) is 0.0476. The zero-order chi connectivity index (χ0) is 19.3. The first-order valence-electron chi connectivity index (χ1n) is 8.49. The average molecular weight is 456 g/mol. The molecule has 1 N–H and O–H groups in total. The van der Waals surface area contributed by atoms with Crippen LogP contribution >= 0.6 is 27.3 Å². The van der Waals surface area contributed by atoms with Gasteiger partial charge in [-0.2, -0.15) is 5.10 Å². The maximum Gasteiger partial charge on any atom is 0.204 e. The number of aromatic nitrogens is 1. The molecule has 0 saturated heterocycles. The molecule has 0 aliphatic carbocycles. The minimum absolute atomic E-state index is 0.263. The molecule has 0 saturated carbocycles. The lowest BCUT2D eigenvalue weighted by Gasteiger charge is -2.09. The van der Waals surface area contributed by atoms with Crippen molar-refractivity contribution in [3.8, 4) is 5.75 Å². The fourth-order valence-electron chi connectivity index (χ4n) is 2.57. The summed E-state index contributed by atoms with van der Waals surface area (Å²) in [6.07, 6.45) is 1.69. The maximum atomic E-state index is 13.0. The van der Waals surface area contributed by atoms with E-state index in [1.807, 2.05) is 42.5 Å². The van der Waals surface area contributed by atoms with Crippen molar-refractivity contribution in [3.63, 3.8) is 0 Å². The Morgan fingerprint density at radius 3 is 2.75 bits per heavy atom. The van der Waals surface area contributed by atoms with Crippen LogP contribution in [0.2, 0.25) is 0 Å². The van der Waals surface area contributed by atoms with Gasteiger partial charge in [-0.25, -0.2) is 9.37 Å². The number of anilines is 1. The van der Waals surface area contributed by atoms with E-state index < -0.39 is 0 Å². The monoisotopic (exact) mass is 455 g/mol. The van der Waals surface area contributed by atoms with Gasteiger partial charge in [0.2, 0.25) is 5.13 Å². The molecule has 28 heavy (non-hydrogen) atoms. The number of fused-ring (bicyclic) bond motifs is 1. The first-order chi connectivity index (χ1) is 13.7. The van der Waals surface area contributed by atoms with Gasteiger partial charge in [-0.15, -0.1) is 0 Å². The number of ether oxygens (including phenoxy) is 1. The van der Waals surface area contributed by atoms with Gasteiger partial charge in [-0.05, 0) is 48.0 Å². The third-order valence-corrected chi connectivity index (χ3v) is 5.37. The summed E-state index contributed by atoms with van der Waals surface area (Å²) in [5, 5.41) is 5.02. The van der Waals surface area contributed by atoms with Gasteiger partial charge in [-0.3, -0.25) is 5.43 Å². The van der Waals surface area contributed by atoms with Crippen LogP contribution in [0, 0.1) is 5.82 Å². The number of benzene rings is 3. The van der Waals surface area contributed by atoms with Crippen LogP contribution < -0.4 is 10.2 Å². The normalized spacial score (nSPS) is 11.2. The molecule has 3 aromatic carbocycles. The molecule has 0 radical (unpaired) electrons. The van der Waals surface area contributed by atoms with E-state index in [0.717, 1.165) is 30.9 Å². The maximum absolute atomic E-state index is 13.0. The Kier molecular flexibility index (Phi) is 5.64. The van der Waals surface area contributed by atoms with E-state index in [4.69, 9.17) is 4.74 Å². The SMILES string of the molecule is Fc1ccc(COc2ccc(Br)cc2/C=N/Nc2nc3ccccc3s2)cc1. The molecule has 0 unspecified atom stereocenters. The summed E-state index contributed by atoms with van der Waals surface area (Å²) in [4.78, 5) is 4.49. The van der Waals surface area contributed by atoms with E-state index in [1.54, 1.807) is 29.7 Å². The predicted molar refractivity (Wildman–Crippen MR) is 116 cm³/mol. The Labute approximate surface area is 173 Å². The van der Waals surface area contributed by atoms with Crippen LogP contribution in [-0.4, -0.2) is 11.2 Å². The molecule has 0 fully saturated rings. The second-order valence-electron chi connectivity index (χ2n) is 5.95. The molecular formula is C21H15BrFN3OS. The Morgan fingerprint density at radius 1 is 1.11 bits per heavy atom. The topological polar surface area (TPSA) is 46.5 Å². The van der Waals surface area contributed by atoms with Crippen molar-refractivity contribution < 1.29 is 9.13 Å². The Balaban J connectivity index is 1.47. The van der Waals surface area contributed by atoms with E-state index in [-0.39, 0.29) is 5.82 Å². The third kappa shape index (κ3) is 4.55. The quantitative estimate of drug-likeness (QED) is 0.277. The highest BCUT2D eigenvalue weighted by Gasteiger charge is 2.05. The zero-order valence-corrected chi connectivity index (χ0v) is 17.0. The highest BCUT2D eigenvalue weighted by molar-refractivity contribution is 9.10. The number of rotatable bonds is 6. The van der Waals surface area contributed by atoms with Crippen molar-refractivity contribution in [3.05, 3.63) is 88.1 Å². The number of halogens is 2. The van der Waals surface area contributed by atoms with E-state index >= 15 is 0 Å². The molecule has 140 valence electrons. The summed E-state index contributed by atoms with van der Waals surface area (Å²) in [7, 11) is 0. The molecule has 7 heteroatoms. The summed E-state index contributed by atoms with van der Waals surface area (Å²) < 4.78 is 20.9. The lowest BCUT2D eigenvalue weighted by atomic mass is 10.2. The van der Waals surface area contributed by atoms with Crippen LogP contribution in [-0.2, 0) is 6.61 Å². The lowest BCUT2D eigenvalue weighted by molar-refractivity contribution is 0.305. The highest BCUT2D eigenvalue weighted by atomic mass is 79.9. The molecular weight excluding hydrogens is 441 g/mol. The summed E-state index contributed by atoms with van der Waals surface area (Å²) in [5.74, 6) is 0.420. The molecule has 0 aliphatic rings. The van der Waals surface area contributed by atoms with Gasteiger partial charge in [0.15, 0.2) is 0 Å². The Hall–Kier alpha value is -2.77. The first kappa shape index (κ1) is 18.6. The van der Waals surface area contributed by atoms with Crippen molar-refractivity contribution in [1.82, 2.24) is 4.98 Å². The molecule has 0 bridgehead atoms. The largest absolute Gasteiger partial charge is 0.488 e. The molecule has 4 aromatic rings. The van der Waals surface area contributed by atoms with Crippen molar-refractivity contribution >= 4 is 48.8 Å². The predicted octanol–water partition coefficient (Wildman–Crippen LogP) is 6.22. The van der Waals surface area contributed by atoms with Crippen LogP contribution in [0.15, 0.2) is 76.3 Å². The molecule has 0 spiro atoms. The molecule has 4 rings (SSSR count). The van der Waals surface area contributed by atoms with Gasteiger partial charge in [-0.1, -0.05) is 51.5 Å². The van der Waals surface area contributed by atoms with Gasteiger partial charge < -0.3 is 4.74 Å². The van der Waals surface area contributed by atoms with Crippen molar-refractivity contribution in [2.24, 2.45) is 5.10 Å². The Morgan fingerprint density at radius 2 is 1.93 bits per heavy atom. The van der Waals surface area contributed by atoms with E-state index in [1.165, 1.54) is 12.1 Å². The number of thiazole rings is 1. The summed E-state index contributed by atoms with van der Waals surface area (Å²) >= 11 is 5.01. The summed E-state index contributed by atoms with van der Waals surface area (Å²) in [6, 6.07) is 19.9. The van der Waals surface area contributed by atoms with Crippen molar-refractivity contribution in [1.29, 1.82) is 0 Å². The lowest BCUT2D eigenvalue weighted by Crippen LogP contribution is -1.99. The zero-order valence-electron chi connectivity index (χ0n) is 14.6. The third-order valence-electron chi connectivity index (χ3n) is 3.94. The van der Waals surface area contributed by atoms with Crippen molar-refractivity contribution in [2.75, 3.05) is 5.43 Å². The van der Waals surface area contributed by atoms with E-state index in [9.17, 15) is 4.39 Å². The van der Waals surface area contributed by atoms with E-state index in [0.29, 0.717) is 12.4 Å². The Bertz CT molecular complexity index is 1100. The van der Waals surface area contributed by atoms with Crippen LogP contribution in [0.4, 0.5) is 9.52 Å². The molecule has 1 heterocycles.